The van der Waals surface area contributed by atoms with E-state index in [4.69, 9.17) is 14.2 Å². The van der Waals surface area contributed by atoms with Crippen molar-refractivity contribution in [1.82, 2.24) is 14.8 Å². The summed E-state index contributed by atoms with van der Waals surface area (Å²) in [5, 5.41) is 9.70. The van der Waals surface area contributed by atoms with Crippen LogP contribution in [-0.2, 0) is 15.9 Å². The van der Waals surface area contributed by atoms with Crippen molar-refractivity contribution >= 4 is 44.7 Å². The Kier molecular flexibility index (Phi) is 9.50. The summed E-state index contributed by atoms with van der Waals surface area (Å²) >= 11 is 3.40. The molecule has 0 spiro atoms. The molecule has 4 atom stereocenters. The van der Waals surface area contributed by atoms with Crippen molar-refractivity contribution in [3.05, 3.63) is 27.5 Å². The molecule has 250 valence electrons. The first kappa shape index (κ1) is 34.2. The standard InChI is InChI=1S/C34H45BrFN5O5/c1-19-28(41(32(43)46-34(5,6)7)29-21-16-24(29)40(17-21)31(42)45-33(2,3)4)23-15-20(11-9-13-37)25(35)26(36)27(23)38-30(19)44-18-22-12-10-14-39(22)8/h15,21-22,24,29H,9-12,14,16-18H2,1-8H3. The second-order valence-corrected chi connectivity index (χ2v) is 15.5. The molecule has 0 radical (unpaired) electrons. The lowest BCUT2D eigenvalue weighted by Gasteiger charge is -2.45. The number of halogens is 2. The van der Waals surface area contributed by atoms with Crippen LogP contribution in [-0.4, -0.2) is 83.0 Å². The Morgan fingerprint density at radius 3 is 2.50 bits per heavy atom. The number of carbonyl (C=O) groups excluding carboxylic acids is 2. The van der Waals surface area contributed by atoms with Gasteiger partial charge in [-0.3, -0.25) is 4.90 Å². The molecule has 4 aliphatic rings. The van der Waals surface area contributed by atoms with Crippen LogP contribution in [0.1, 0.15) is 78.4 Å². The first-order valence-electron chi connectivity index (χ1n) is 16.0. The van der Waals surface area contributed by atoms with E-state index in [-0.39, 0.29) is 40.3 Å². The van der Waals surface area contributed by atoms with Gasteiger partial charge in [0.05, 0.1) is 28.3 Å². The van der Waals surface area contributed by atoms with Crippen molar-refractivity contribution in [2.75, 3.05) is 31.6 Å². The summed E-state index contributed by atoms with van der Waals surface area (Å²) in [5.41, 5.74) is 0.148. The lowest BCUT2D eigenvalue weighted by atomic mass is 9.78. The summed E-state index contributed by atoms with van der Waals surface area (Å²) in [6, 6.07) is 3.37. The van der Waals surface area contributed by atoms with Crippen LogP contribution in [0.25, 0.3) is 10.9 Å². The zero-order chi connectivity index (χ0) is 33.7. The average molecular weight is 703 g/mol. The van der Waals surface area contributed by atoms with Gasteiger partial charge in [0.15, 0.2) is 5.82 Å². The maximum absolute atomic E-state index is 16.2. The largest absolute Gasteiger partial charge is 0.476 e. The van der Waals surface area contributed by atoms with Gasteiger partial charge in [0.25, 0.3) is 0 Å². The van der Waals surface area contributed by atoms with Gasteiger partial charge >= 0.3 is 12.2 Å². The highest BCUT2D eigenvalue weighted by Crippen LogP contribution is 2.49. The highest BCUT2D eigenvalue weighted by atomic mass is 79.9. The summed E-state index contributed by atoms with van der Waals surface area (Å²) in [4.78, 5) is 37.8. The minimum absolute atomic E-state index is 0.0393. The van der Waals surface area contributed by atoms with E-state index in [1.165, 1.54) is 0 Å². The summed E-state index contributed by atoms with van der Waals surface area (Å²) < 4.78 is 34.5. The van der Waals surface area contributed by atoms with Gasteiger partial charge in [-0.15, -0.1) is 0 Å². The highest BCUT2D eigenvalue weighted by molar-refractivity contribution is 9.10. The van der Waals surface area contributed by atoms with Gasteiger partial charge in [0, 0.05) is 35.9 Å². The topological polar surface area (TPSA) is 108 Å². The third kappa shape index (κ3) is 6.77. The van der Waals surface area contributed by atoms with Crippen molar-refractivity contribution in [3.8, 4) is 11.9 Å². The van der Waals surface area contributed by atoms with E-state index >= 15 is 4.39 Å². The van der Waals surface area contributed by atoms with Crippen LogP contribution in [0.5, 0.6) is 5.88 Å². The van der Waals surface area contributed by atoms with Crippen molar-refractivity contribution in [1.29, 1.82) is 5.26 Å². The third-order valence-electron chi connectivity index (χ3n) is 9.00. The molecule has 3 aliphatic heterocycles. The molecule has 4 unspecified atom stereocenters. The molecule has 10 nitrogen and oxygen atoms in total. The first-order valence-corrected chi connectivity index (χ1v) is 16.8. The van der Waals surface area contributed by atoms with Gasteiger partial charge in [-0.25, -0.2) is 19.0 Å². The fourth-order valence-corrected chi connectivity index (χ4v) is 7.31. The predicted molar refractivity (Wildman–Crippen MR) is 177 cm³/mol. The number of ether oxygens (including phenoxy) is 3. The highest BCUT2D eigenvalue weighted by Gasteiger charge is 2.59. The number of amides is 2. The van der Waals surface area contributed by atoms with Gasteiger partial charge in [-0.1, -0.05) is 0 Å². The SMILES string of the molecule is Cc1c(OCC2CCCN2C)nc2c(F)c(Br)c(CCC#N)cc2c1N(C(=O)OC(C)(C)C)C1C2CC1N(C(=O)OC(C)(C)C)C2. The Balaban J connectivity index is 1.67. The summed E-state index contributed by atoms with van der Waals surface area (Å²) in [7, 11) is 2.06. The Labute approximate surface area is 279 Å². The molecule has 2 bridgehead atoms. The van der Waals surface area contributed by atoms with Crippen LogP contribution in [0, 0.1) is 30.0 Å². The first-order chi connectivity index (χ1) is 21.5. The van der Waals surface area contributed by atoms with Crippen LogP contribution in [0.4, 0.5) is 19.7 Å². The van der Waals surface area contributed by atoms with Crippen LogP contribution in [0.15, 0.2) is 10.5 Å². The number of anilines is 1. The van der Waals surface area contributed by atoms with Crippen molar-refractivity contribution in [2.24, 2.45) is 5.92 Å². The van der Waals surface area contributed by atoms with E-state index in [9.17, 15) is 14.9 Å². The van der Waals surface area contributed by atoms with E-state index in [1.807, 2.05) is 27.7 Å². The number of fused-ring (bicyclic) bond motifs is 2. The fraction of sp³-hybridized carbons (Fsp3) is 0.647. The number of pyridine rings is 1. The third-order valence-corrected chi connectivity index (χ3v) is 9.86. The Bertz CT molecular complexity index is 1560. The number of likely N-dealkylation sites (N-methyl/N-ethyl adjacent to an activating group) is 1. The average Bonchev–Trinajstić information content (AvgIpc) is 3.66. The summed E-state index contributed by atoms with van der Waals surface area (Å²) in [5.74, 6) is -0.393. The molecule has 1 saturated carbocycles. The lowest BCUT2D eigenvalue weighted by molar-refractivity contribution is 0.0216. The van der Waals surface area contributed by atoms with Gasteiger partial charge in [-0.05, 0) is 115 Å². The van der Waals surface area contributed by atoms with Crippen molar-refractivity contribution in [3.63, 3.8) is 0 Å². The maximum Gasteiger partial charge on any atom is 0.415 e. The Morgan fingerprint density at radius 2 is 1.89 bits per heavy atom. The second kappa shape index (κ2) is 12.8. The molecule has 4 fully saturated rings. The molecule has 1 aliphatic carbocycles. The summed E-state index contributed by atoms with van der Waals surface area (Å²) in [6.07, 6.45) is 2.22. The fourth-order valence-electron chi connectivity index (χ4n) is 6.81. The van der Waals surface area contributed by atoms with Crippen LogP contribution in [0.3, 0.4) is 0 Å². The number of hydrogen-bond donors (Lipinski definition) is 0. The zero-order valence-corrected chi connectivity index (χ0v) is 29.7. The number of likely N-dealkylation sites (tertiary alicyclic amines) is 1. The molecule has 2 amide bonds. The van der Waals surface area contributed by atoms with E-state index in [1.54, 1.807) is 36.6 Å². The van der Waals surface area contributed by atoms with Gasteiger partial charge < -0.3 is 24.0 Å². The molecular formula is C34H45BrFN5O5. The molecule has 2 aromatic rings. The smallest absolute Gasteiger partial charge is 0.415 e. The molecular weight excluding hydrogens is 657 g/mol. The number of aryl methyl sites for hydroxylation is 1. The Morgan fingerprint density at radius 1 is 1.20 bits per heavy atom. The number of rotatable bonds is 7. The normalized spacial score (nSPS) is 22.8. The predicted octanol–water partition coefficient (Wildman–Crippen LogP) is 7.12. The van der Waals surface area contributed by atoms with E-state index in [2.05, 4.69) is 38.9 Å². The molecule has 3 saturated heterocycles. The van der Waals surface area contributed by atoms with Gasteiger partial charge in [0.1, 0.15) is 23.3 Å². The van der Waals surface area contributed by atoms with Gasteiger partial charge in [-0.2, -0.15) is 5.26 Å². The molecule has 6 rings (SSSR count). The quantitative estimate of drug-likeness (QED) is 0.300. The second-order valence-electron chi connectivity index (χ2n) is 14.7. The van der Waals surface area contributed by atoms with Crippen LogP contribution >= 0.6 is 15.9 Å². The molecule has 46 heavy (non-hydrogen) atoms. The molecule has 1 aromatic heterocycles. The molecule has 1 aromatic carbocycles. The number of aromatic nitrogens is 1. The summed E-state index contributed by atoms with van der Waals surface area (Å²) in [6.45, 7) is 14.5. The molecule has 0 N–H and O–H groups in total. The van der Waals surface area contributed by atoms with Crippen molar-refractivity contribution in [2.45, 2.75) is 110 Å². The van der Waals surface area contributed by atoms with Gasteiger partial charge in [0.2, 0.25) is 5.88 Å². The number of benzene rings is 1. The monoisotopic (exact) mass is 701 g/mol. The Hall–Kier alpha value is -3.17. The van der Waals surface area contributed by atoms with Crippen LogP contribution < -0.4 is 9.64 Å². The zero-order valence-electron chi connectivity index (χ0n) is 28.1. The number of nitrogens with zero attached hydrogens (tertiary/aromatic N) is 5. The minimum Gasteiger partial charge on any atom is -0.476 e. The maximum atomic E-state index is 16.2. The number of nitriles is 1. The number of carbonyl (C=O) groups is 2. The minimum atomic E-state index is -0.821. The van der Waals surface area contributed by atoms with E-state index < -0.39 is 35.2 Å². The number of hydrogen-bond acceptors (Lipinski definition) is 8. The van der Waals surface area contributed by atoms with Crippen molar-refractivity contribution < 1.29 is 28.2 Å². The van der Waals surface area contributed by atoms with Crippen LogP contribution in [0.2, 0.25) is 0 Å². The van der Waals surface area contributed by atoms with E-state index in [0.29, 0.717) is 48.2 Å². The molecule has 12 heteroatoms. The molecule has 4 heterocycles. The van der Waals surface area contributed by atoms with E-state index in [0.717, 1.165) is 19.4 Å². The lowest BCUT2D eigenvalue weighted by Crippen LogP contribution is -2.59.